The van der Waals surface area contributed by atoms with Gasteiger partial charge in [-0.25, -0.2) is 0 Å². The van der Waals surface area contributed by atoms with Crippen LogP contribution in [0.5, 0.6) is 0 Å². The van der Waals surface area contributed by atoms with E-state index >= 15 is 0 Å². The maximum atomic E-state index is 5.91. The highest BCUT2D eigenvalue weighted by Crippen LogP contribution is 2.14. The summed E-state index contributed by atoms with van der Waals surface area (Å²) in [6.45, 7) is 0. The smallest absolute Gasteiger partial charge is 0.143 e. The zero-order valence-corrected chi connectivity index (χ0v) is 10.2. The standard InChI is InChI=1S/C15H9ClN2/c16-12-5-3-4-11(10-12)8-9-15-13-6-1-2-7-14(13)17-18-15/h1-7,10H,(H,17,18). The number of nitrogens with one attached hydrogen (secondary N) is 1. The number of aromatic amines is 1. The molecule has 0 saturated heterocycles. The zero-order valence-electron chi connectivity index (χ0n) is 9.44. The fourth-order valence-electron chi connectivity index (χ4n) is 1.76. The molecular weight excluding hydrogens is 244 g/mol. The van der Waals surface area contributed by atoms with Crippen LogP contribution in [0.2, 0.25) is 5.02 Å². The minimum Gasteiger partial charge on any atom is -0.277 e. The van der Waals surface area contributed by atoms with Gasteiger partial charge in [-0.05, 0) is 36.3 Å². The molecule has 0 bridgehead atoms. The molecule has 0 aliphatic carbocycles. The minimum atomic E-state index is 0.689. The molecule has 3 heteroatoms. The topological polar surface area (TPSA) is 28.7 Å². The van der Waals surface area contributed by atoms with E-state index in [0.29, 0.717) is 5.02 Å². The van der Waals surface area contributed by atoms with Crippen LogP contribution in [0.3, 0.4) is 0 Å². The van der Waals surface area contributed by atoms with Crippen molar-refractivity contribution in [1.82, 2.24) is 10.2 Å². The summed E-state index contributed by atoms with van der Waals surface area (Å²) >= 11 is 5.91. The van der Waals surface area contributed by atoms with Crippen molar-refractivity contribution >= 4 is 22.5 Å². The maximum absolute atomic E-state index is 5.91. The number of fused-ring (bicyclic) bond motifs is 1. The number of aromatic nitrogens is 2. The van der Waals surface area contributed by atoms with Crippen molar-refractivity contribution in [3.8, 4) is 11.8 Å². The van der Waals surface area contributed by atoms with Crippen LogP contribution in [-0.2, 0) is 0 Å². The number of para-hydroxylation sites is 1. The molecule has 2 aromatic carbocycles. The second kappa shape index (κ2) is 4.56. The fourth-order valence-corrected chi connectivity index (χ4v) is 1.95. The van der Waals surface area contributed by atoms with Crippen molar-refractivity contribution in [2.75, 3.05) is 0 Å². The van der Waals surface area contributed by atoms with Crippen molar-refractivity contribution < 1.29 is 0 Å². The van der Waals surface area contributed by atoms with E-state index in [1.165, 1.54) is 0 Å². The Hall–Kier alpha value is -2.24. The summed E-state index contributed by atoms with van der Waals surface area (Å²) in [6.07, 6.45) is 0. The Morgan fingerprint density at radius 2 is 1.89 bits per heavy atom. The van der Waals surface area contributed by atoms with Gasteiger partial charge in [-0.1, -0.05) is 35.7 Å². The van der Waals surface area contributed by atoms with Crippen molar-refractivity contribution in [1.29, 1.82) is 0 Å². The molecule has 0 saturated carbocycles. The average molecular weight is 253 g/mol. The van der Waals surface area contributed by atoms with Gasteiger partial charge in [0.2, 0.25) is 0 Å². The third-order valence-corrected chi connectivity index (χ3v) is 2.86. The molecular formula is C15H9ClN2. The van der Waals surface area contributed by atoms with E-state index in [9.17, 15) is 0 Å². The molecule has 86 valence electrons. The first-order chi connectivity index (χ1) is 8.83. The predicted octanol–water partition coefficient (Wildman–Crippen LogP) is 3.62. The molecule has 3 rings (SSSR count). The third kappa shape index (κ3) is 2.09. The first-order valence-corrected chi connectivity index (χ1v) is 5.91. The van der Waals surface area contributed by atoms with Crippen molar-refractivity contribution in [3.63, 3.8) is 0 Å². The molecule has 0 unspecified atom stereocenters. The summed E-state index contributed by atoms with van der Waals surface area (Å²) in [6, 6.07) is 15.4. The van der Waals surface area contributed by atoms with Gasteiger partial charge in [-0.3, -0.25) is 5.10 Å². The fraction of sp³-hybridized carbons (Fsp3) is 0. The van der Waals surface area contributed by atoms with Crippen LogP contribution in [0.15, 0.2) is 48.5 Å². The van der Waals surface area contributed by atoms with Gasteiger partial charge in [-0.15, -0.1) is 0 Å². The Labute approximate surface area is 110 Å². The highest BCUT2D eigenvalue weighted by molar-refractivity contribution is 6.30. The van der Waals surface area contributed by atoms with Crippen LogP contribution < -0.4 is 0 Å². The highest BCUT2D eigenvalue weighted by Gasteiger charge is 2.00. The van der Waals surface area contributed by atoms with Crippen LogP contribution in [-0.4, -0.2) is 10.2 Å². The molecule has 0 spiro atoms. The molecule has 0 aliphatic heterocycles. The van der Waals surface area contributed by atoms with Gasteiger partial charge in [-0.2, -0.15) is 5.10 Å². The van der Waals surface area contributed by atoms with Gasteiger partial charge < -0.3 is 0 Å². The summed E-state index contributed by atoms with van der Waals surface area (Å²) in [7, 11) is 0. The van der Waals surface area contributed by atoms with Crippen LogP contribution in [0.4, 0.5) is 0 Å². The average Bonchev–Trinajstić information content (AvgIpc) is 2.80. The van der Waals surface area contributed by atoms with E-state index in [2.05, 4.69) is 22.0 Å². The number of benzene rings is 2. The Balaban J connectivity index is 2.03. The Kier molecular flexibility index (Phi) is 2.76. The molecule has 0 fully saturated rings. The Morgan fingerprint density at radius 1 is 1.00 bits per heavy atom. The van der Waals surface area contributed by atoms with Crippen LogP contribution in [0.25, 0.3) is 10.9 Å². The molecule has 1 N–H and O–H groups in total. The maximum Gasteiger partial charge on any atom is 0.143 e. The van der Waals surface area contributed by atoms with Gasteiger partial charge in [0, 0.05) is 16.0 Å². The number of halogens is 1. The number of hydrogen-bond donors (Lipinski definition) is 1. The largest absolute Gasteiger partial charge is 0.277 e. The molecule has 0 aliphatic rings. The SMILES string of the molecule is Clc1cccc(C#Cc2n[nH]c3ccccc23)c1. The minimum absolute atomic E-state index is 0.689. The van der Waals surface area contributed by atoms with Crippen LogP contribution in [0.1, 0.15) is 11.3 Å². The number of H-pyrrole nitrogens is 1. The van der Waals surface area contributed by atoms with Gasteiger partial charge >= 0.3 is 0 Å². The lowest BCUT2D eigenvalue weighted by atomic mass is 10.2. The summed E-state index contributed by atoms with van der Waals surface area (Å²) in [5.41, 5.74) is 2.63. The first-order valence-electron chi connectivity index (χ1n) is 5.53. The molecule has 0 radical (unpaired) electrons. The molecule has 1 aromatic heterocycles. The van der Waals surface area contributed by atoms with Gasteiger partial charge in [0.1, 0.15) is 5.69 Å². The highest BCUT2D eigenvalue weighted by atomic mass is 35.5. The summed E-state index contributed by atoms with van der Waals surface area (Å²) in [4.78, 5) is 0. The summed E-state index contributed by atoms with van der Waals surface area (Å²) < 4.78 is 0. The molecule has 3 aromatic rings. The Morgan fingerprint density at radius 3 is 2.78 bits per heavy atom. The molecule has 0 amide bonds. The van der Waals surface area contributed by atoms with E-state index in [4.69, 9.17) is 11.6 Å². The normalized spacial score (nSPS) is 10.1. The lowest BCUT2D eigenvalue weighted by molar-refractivity contribution is 1.10. The Bertz CT molecular complexity index is 763. The zero-order chi connectivity index (χ0) is 12.4. The van der Waals surface area contributed by atoms with Crippen molar-refractivity contribution in [3.05, 3.63) is 64.8 Å². The van der Waals surface area contributed by atoms with E-state index in [0.717, 1.165) is 22.2 Å². The lowest BCUT2D eigenvalue weighted by Gasteiger charge is -1.90. The molecule has 0 atom stereocenters. The van der Waals surface area contributed by atoms with Gasteiger partial charge in [0.15, 0.2) is 0 Å². The number of nitrogens with zero attached hydrogens (tertiary/aromatic N) is 1. The second-order valence-corrected chi connectivity index (χ2v) is 4.31. The van der Waals surface area contributed by atoms with Gasteiger partial charge in [0.05, 0.1) is 5.52 Å². The van der Waals surface area contributed by atoms with E-state index < -0.39 is 0 Å². The van der Waals surface area contributed by atoms with Crippen molar-refractivity contribution in [2.24, 2.45) is 0 Å². The van der Waals surface area contributed by atoms with E-state index in [-0.39, 0.29) is 0 Å². The monoisotopic (exact) mass is 252 g/mol. The quantitative estimate of drug-likeness (QED) is 0.609. The number of rotatable bonds is 0. The molecule has 1 heterocycles. The second-order valence-electron chi connectivity index (χ2n) is 3.88. The van der Waals surface area contributed by atoms with Gasteiger partial charge in [0.25, 0.3) is 0 Å². The predicted molar refractivity (Wildman–Crippen MR) is 73.5 cm³/mol. The number of hydrogen-bond acceptors (Lipinski definition) is 1. The molecule has 18 heavy (non-hydrogen) atoms. The van der Waals surface area contributed by atoms with Crippen LogP contribution >= 0.6 is 11.6 Å². The van der Waals surface area contributed by atoms with E-state index in [1.54, 1.807) is 0 Å². The lowest BCUT2D eigenvalue weighted by Crippen LogP contribution is -1.77. The van der Waals surface area contributed by atoms with E-state index in [1.807, 2.05) is 48.5 Å². The molecule has 2 nitrogen and oxygen atoms in total. The van der Waals surface area contributed by atoms with Crippen molar-refractivity contribution in [2.45, 2.75) is 0 Å². The summed E-state index contributed by atoms with van der Waals surface area (Å²) in [5, 5.41) is 8.88. The third-order valence-electron chi connectivity index (χ3n) is 2.62. The first kappa shape index (κ1) is 10.9. The van der Waals surface area contributed by atoms with Crippen LogP contribution in [0, 0.1) is 11.8 Å². The summed E-state index contributed by atoms with van der Waals surface area (Å²) in [5.74, 6) is 6.12.